The Kier molecular flexibility index (Phi) is 4.14. The van der Waals surface area contributed by atoms with Crippen LogP contribution in [-0.2, 0) is 9.59 Å². The smallest absolute Gasteiger partial charge is 0.307 e. The molecule has 0 saturated heterocycles. The lowest BCUT2D eigenvalue weighted by Gasteiger charge is -2.19. The van der Waals surface area contributed by atoms with Crippen LogP contribution in [-0.4, -0.2) is 22.0 Å². The monoisotopic (exact) mass is 262 g/mol. The molecule has 1 aromatic heterocycles. The molecule has 2 unspecified atom stereocenters. The van der Waals surface area contributed by atoms with Crippen molar-refractivity contribution >= 4 is 11.9 Å². The van der Waals surface area contributed by atoms with Crippen LogP contribution in [0, 0.1) is 11.8 Å². The maximum Gasteiger partial charge on any atom is 0.307 e. The zero-order valence-electron chi connectivity index (χ0n) is 10.9. The zero-order valence-corrected chi connectivity index (χ0v) is 10.9. The summed E-state index contributed by atoms with van der Waals surface area (Å²) in [5.41, 5.74) is 0.917. The molecule has 0 aliphatic heterocycles. The van der Waals surface area contributed by atoms with E-state index >= 15 is 0 Å². The van der Waals surface area contributed by atoms with Crippen LogP contribution in [0.15, 0.2) is 24.5 Å². The van der Waals surface area contributed by atoms with E-state index in [1.165, 1.54) is 0 Å². The minimum absolute atomic E-state index is 0.156. The van der Waals surface area contributed by atoms with Crippen LogP contribution in [0.4, 0.5) is 0 Å². The number of carboxylic acids is 1. The predicted octanol–water partition coefficient (Wildman–Crippen LogP) is 1.76. The van der Waals surface area contributed by atoms with Gasteiger partial charge in [0.25, 0.3) is 0 Å². The quantitative estimate of drug-likeness (QED) is 0.866. The average Bonchev–Trinajstić information content (AvgIpc) is 2.89. The number of rotatable bonds is 4. The van der Waals surface area contributed by atoms with Crippen LogP contribution in [0.25, 0.3) is 0 Å². The highest BCUT2D eigenvalue weighted by Gasteiger charge is 2.38. The first kappa shape index (κ1) is 13.5. The van der Waals surface area contributed by atoms with Gasteiger partial charge in [0.05, 0.1) is 17.9 Å². The van der Waals surface area contributed by atoms with Crippen molar-refractivity contribution in [3.63, 3.8) is 0 Å². The second-order valence-electron chi connectivity index (χ2n) is 5.00. The molecular weight excluding hydrogens is 244 g/mol. The molecule has 102 valence electrons. The van der Waals surface area contributed by atoms with E-state index in [4.69, 9.17) is 5.11 Å². The molecule has 2 N–H and O–H groups in total. The number of hydrogen-bond donors (Lipinski definition) is 2. The average molecular weight is 262 g/mol. The zero-order chi connectivity index (χ0) is 13.8. The Hall–Kier alpha value is -1.91. The standard InChI is InChI=1S/C14H18N2O3/c1-9(10-4-3-7-15-8-10)16-13(17)11-5-2-6-12(11)14(18)19/h3-4,7-9,11-12H,2,5-6H2,1H3,(H,16,17)(H,18,19)/t9-,11?,12?/m1/s1. The van der Waals surface area contributed by atoms with Gasteiger partial charge in [0.1, 0.15) is 0 Å². The number of carboxylic acid groups (broad SMARTS) is 1. The molecule has 2 rings (SSSR count). The van der Waals surface area contributed by atoms with Gasteiger partial charge in [-0.05, 0) is 31.4 Å². The van der Waals surface area contributed by atoms with Crippen LogP contribution in [0.3, 0.4) is 0 Å². The van der Waals surface area contributed by atoms with Gasteiger partial charge in [-0.2, -0.15) is 0 Å². The lowest BCUT2D eigenvalue weighted by molar-refractivity contribution is -0.146. The highest BCUT2D eigenvalue weighted by Crippen LogP contribution is 2.32. The first-order valence-corrected chi connectivity index (χ1v) is 6.52. The second kappa shape index (κ2) is 5.82. The minimum Gasteiger partial charge on any atom is -0.481 e. The van der Waals surface area contributed by atoms with Crippen LogP contribution in [0.1, 0.15) is 37.8 Å². The van der Waals surface area contributed by atoms with Gasteiger partial charge in [0.2, 0.25) is 5.91 Å². The largest absolute Gasteiger partial charge is 0.481 e. The van der Waals surface area contributed by atoms with Crippen molar-refractivity contribution in [3.8, 4) is 0 Å². The molecule has 1 aliphatic carbocycles. The molecule has 19 heavy (non-hydrogen) atoms. The number of aromatic nitrogens is 1. The summed E-state index contributed by atoms with van der Waals surface area (Å²) in [4.78, 5) is 27.2. The maximum absolute atomic E-state index is 12.1. The Morgan fingerprint density at radius 3 is 2.79 bits per heavy atom. The summed E-state index contributed by atoms with van der Waals surface area (Å²) in [7, 11) is 0. The number of carbonyl (C=O) groups is 2. The first-order chi connectivity index (χ1) is 9.09. The highest BCUT2D eigenvalue weighted by molar-refractivity contribution is 5.85. The molecule has 3 atom stereocenters. The van der Waals surface area contributed by atoms with E-state index < -0.39 is 17.8 Å². The summed E-state index contributed by atoms with van der Waals surface area (Å²) in [6.07, 6.45) is 5.43. The van der Waals surface area contributed by atoms with Crippen molar-refractivity contribution in [1.82, 2.24) is 10.3 Å². The predicted molar refractivity (Wildman–Crippen MR) is 69.3 cm³/mol. The van der Waals surface area contributed by atoms with Gasteiger partial charge in [-0.15, -0.1) is 0 Å². The van der Waals surface area contributed by atoms with Crippen LogP contribution >= 0.6 is 0 Å². The topological polar surface area (TPSA) is 79.3 Å². The summed E-state index contributed by atoms with van der Waals surface area (Å²) >= 11 is 0. The molecule has 0 spiro atoms. The van der Waals surface area contributed by atoms with Crippen molar-refractivity contribution in [1.29, 1.82) is 0 Å². The molecule has 0 aromatic carbocycles. The summed E-state index contributed by atoms with van der Waals surface area (Å²) in [5, 5.41) is 12.0. The fraction of sp³-hybridized carbons (Fsp3) is 0.500. The van der Waals surface area contributed by atoms with Gasteiger partial charge in [-0.1, -0.05) is 12.5 Å². The molecule has 0 radical (unpaired) electrons. The third-order valence-electron chi connectivity index (χ3n) is 3.71. The molecule has 1 fully saturated rings. The fourth-order valence-electron chi connectivity index (χ4n) is 2.61. The molecule has 1 aliphatic rings. The van der Waals surface area contributed by atoms with Gasteiger partial charge in [0.15, 0.2) is 0 Å². The van der Waals surface area contributed by atoms with Crippen molar-refractivity contribution in [2.24, 2.45) is 11.8 Å². The Balaban J connectivity index is 1.99. The van der Waals surface area contributed by atoms with Gasteiger partial charge in [-0.25, -0.2) is 0 Å². The van der Waals surface area contributed by atoms with E-state index in [0.29, 0.717) is 12.8 Å². The number of carbonyl (C=O) groups excluding carboxylic acids is 1. The molecular formula is C14H18N2O3. The van der Waals surface area contributed by atoms with Gasteiger partial charge >= 0.3 is 5.97 Å². The number of pyridine rings is 1. The molecule has 5 heteroatoms. The Labute approximate surface area is 112 Å². The van der Waals surface area contributed by atoms with E-state index in [0.717, 1.165) is 12.0 Å². The van der Waals surface area contributed by atoms with Gasteiger partial charge in [0, 0.05) is 12.4 Å². The minimum atomic E-state index is -0.869. The normalized spacial score (nSPS) is 23.8. The number of aliphatic carboxylic acids is 1. The van der Waals surface area contributed by atoms with E-state index in [9.17, 15) is 9.59 Å². The van der Waals surface area contributed by atoms with Crippen LogP contribution in [0.2, 0.25) is 0 Å². The van der Waals surface area contributed by atoms with Crippen LogP contribution in [0.5, 0.6) is 0 Å². The summed E-state index contributed by atoms with van der Waals surface area (Å²) in [6.45, 7) is 1.87. The Morgan fingerprint density at radius 2 is 2.16 bits per heavy atom. The van der Waals surface area contributed by atoms with Crippen molar-refractivity contribution in [2.45, 2.75) is 32.2 Å². The summed E-state index contributed by atoms with van der Waals surface area (Å²) < 4.78 is 0. The third-order valence-corrected chi connectivity index (χ3v) is 3.71. The number of nitrogens with one attached hydrogen (secondary N) is 1. The summed E-state index contributed by atoms with van der Waals surface area (Å²) in [5.74, 6) is -1.98. The molecule has 1 heterocycles. The highest BCUT2D eigenvalue weighted by atomic mass is 16.4. The van der Waals surface area contributed by atoms with Gasteiger partial charge < -0.3 is 10.4 Å². The first-order valence-electron chi connectivity index (χ1n) is 6.52. The summed E-state index contributed by atoms with van der Waals surface area (Å²) in [6, 6.07) is 3.55. The van der Waals surface area contributed by atoms with Gasteiger partial charge in [-0.3, -0.25) is 14.6 Å². The second-order valence-corrected chi connectivity index (χ2v) is 5.00. The third kappa shape index (κ3) is 3.10. The van der Waals surface area contributed by atoms with E-state index in [2.05, 4.69) is 10.3 Å². The molecule has 0 bridgehead atoms. The Morgan fingerprint density at radius 1 is 1.42 bits per heavy atom. The molecule has 1 amide bonds. The maximum atomic E-state index is 12.1. The lowest BCUT2D eigenvalue weighted by atomic mass is 9.95. The van der Waals surface area contributed by atoms with Crippen molar-refractivity contribution in [2.75, 3.05) is 0 Å². The molecule has 1 saturated carbocycles. The number of amides is 1. The van der Waals surface area contributed by atoms with Crippen molar-refractivity contribution < 1.29 is 14.7 Å². The number of hydrogen-bond acceptors (Lipinski definition) is 3. The number of nitrogens with zero attached hydrogens (tertiary/aromatic N) is 1. The van der Waals surface area contributed by atoms with E-state index in [1.807, 2.05) is 19.1 Å². The van der Waals surface area contributed by atoms with Crippen LogP contribution < -0.4 is 5.32 Å². The lowest BCUT2D eigenvalue weighted by Crippen LogP contribution is -2.36. The van der Waals surface area contributed by atoms with E-state index in [-0.39, 0.29) is 11.9 Å². The molecule has 5 nitrogen and oxygen atoms in total. The SMILES string of the molecule is C[C@@H](NC(=O)C1CCCC1C(=O)O)c1cccnc1. The van der Waals surface area contributed by atoms with E-state index in [1.54, 1.807) is 12.4 Å². The Bertz CT molecular complexity index is 461. The fourth-order valence-corrected chi connectivity index (χ4v) is 2.61. The molecule has 1 aromatic rings. The van der Waals surface area contributed by atoms with Crippen molar-refractivity contribution in [3.05, 3.63) is 30.1 Å².